The van der Waals surface area contributed by atoms with Crippen LogP contribution in [0.5, 0.6) is 0 Å². The molecule has 4 heterocycles. The number of aromatic nitrogens is 4. The third kappa shape index (κ3) is 4.08. The Kier molecular flexibility index (Phi) is 5.50. The zero-order valence-corrected chi connectivity index (χ0v) is 20.8. The minimum absolute atomic E-state index is 0.319. The van der Waals surface area contributed by atoms with Crippen LogP contribution in [0.1, 0.15) is 57.4 Å². The smallest absolute Gasteiger partial charge is 0.227 e. The molecule has 1 aromatic carbocycles. The van der Waals surface area contributed by atoms with Crippen molar-refractivity contribution >= 4 is 34.3 Å². The summed E-state index contributed by atoms with van der Waals surface area (Å²) in [5, 5.41) is 7.16. The van der Waals surface area contributed by atoms with E-state index in [1.165, 1.54) is 31.4 Å². The maximum Gasteiger partial charge on any atom is 0.227 e. The fourth-order valence-electron chi connectivity index (χ4n) is 6.38. The lowest BCUT2D eigenvalue weighted by atomic mass is 9.78. The van der Waals surface area contributed by atoms with Gasteiger partial charge in [0.05, 0.1) is 25.0 Å². The maximum atomic E-state index is 6.13. The van der Waals surface area contributed by atoms with E-state index in [9.17, 15) is 0 Å². The van der Waals surface area contributed by atoms with Crippen LogP contribution in [0.25, 0.3) is 11.2 Å². The van der Waals surface area contributed by atoms with Crippen LogP contribution in [0.4, 0.5) is 23.1 Å². The van der Waals surface area contributed by atoms with Crippen molar-refractivity contribution in [3.63, 3.8) is 0 Å². The number of benzene rings is 1. The van der Waals surface area contributed by atoms with E-state index in [2.05, 4.69) is 44.4 Å². The number of nitrogens with one attached hydrogen (secondary N) is 2. The molecule has 1 spiro atoms. The summed E-state index contributed by atoms with van der Waals surface area (Å²) in [6.07, 6.45) is 11.1. The summed E-state index contributed by atoms with van der Waals surface area (Å²) in [6.45, 7) is 3.99. The van der Waals surface area contributed by atoms with Crippen molar-refractivity contribution < 1.29 is 4.74 Å². The van der Waals surface area contributed by atoms with Crippen molar-refractivity contribution in [1.82, 2.24) is 19.5 Å². The zero-order chi connectivity index (χ0) is 24.1. The van der Waals surface area contributed by atoms with Crippen molar-refractivity contribution in [2.75, 3.05) is 41.8 Å². The molecule has 2 aromatic heterocycles. The average molecular weight is 489 g/mol. The lowest BCUT2D eigenvalue weighted by Gasteiger charge is -2.56. The van der Waals surface area contributed by atoms with Gasteiger partial charge in [-0.05, 0) is 62.8 Å². The second-order valence-electron chi connectivity index (χ2n) is 11.4. The van der Waals surface area contributed by atoms with Crippen molar-refractivity contribution in [3.05, 3.63) is 30.6 Å². The first kappa shape index (κ1) is 22.3. The van der Waals surface area contributed by atoms with Crippen LogP contribution in [0.2, 0.25) is 0 Å². The SMILES string of the molecule is NC1CCC(Nc2nc(Nc3ccc(N4CC5(COC5)C4)cc3)c3ncn(C4CCCC4)c3n2)CC1. The summed E-state index contributed by atoms with van der Waals surface area (Å²) in [4.78, 5) is 17.1. The molecular formula is C27H36N8O. The van der Waals surface area contributed by atoms with Crippen molar-refractivity contribution in [2.45, 2.75) is 69.5 Å². The monoisotopic (exact) mass is 488 g/mol. The van der Waals surface area contributed by atoms with Gasteiger partial charge in [0.2, 0.25) is 5.95 Å². The topological polar surface area (TPSA) is 106 Å². The van der Waals surface area contributed by atoms with E-state index in [0.717, 1.165) is 74.7 Å². The van der Waals surface area contributed by atoms with E-state index >= 15 is 0 Å². The Balaban J connectivity index is 1.15. The van der Waals surface area contributed by atoms with Gasteiger partial charge in [-0.15, -0.1) is 0 Å². The zero-order valence-electron chi connectivity index (χ0n) is 20.8. The van der Waals surface area contributed by atoms with Crippen molar-refractivity contribution in [2.24, 2.45) is 11.1 Å². The molecule has 0 radical (unpaired) electrons. The summed E-state index contributed by atoms with van der Waals surface area (Å²) < 4.78 is 7.68. The number of imidazole rings is 1. The molecule has 9 heteroatoms. The van der Waals surface area contributed by atoms with Gasteiger partial charge < -0.3 is 30.6 Å². The van der Waals surface area contributed by atoms with Crippen molar-refractivity contribution in [3.8, 4) is 0 Å². The van der Waals surface area contributed by atoms with Crippen LogP contribution in [-0.4, -0.2) is 57.9 Å². The van der Waals surface area contributed by atoms with Gasteiger partial charge >= 0.3 is 0 Å². The molecule has 4 aliphatic rings. The molecule has 2 saturated carbocycles. The summed E-state index contributed by atoms with van der Waals surface area (Å²) in [7, 11) is 0. The molecule has 4 fully saturated rings. The molecule has 2 saturated heterocycles. The predicted molar refractivity (Wildman–Crippen MR) is 142 cm³/mol. The normalized spacial score (nSPS) is 25.6. The molecule has 2 aliphatic heterocycles. The Hall–Kier alpha value is -2.91. The number of fused-ring (bicyclic) bond motifs is 1. The van der Waals surface area contributed by atoms with Crippen LogP contribution in [-0.2, 0) is 4.74 Å². The molecule has 7 rings (SSSR count). The number of nitrogens with zero attached hydrogens (tertiary/aromatic N) is 5. The molecule has 36 heavy (non-hydrogen) atoms. The van der Waals surface area contributed by atoms with Crippen LogP contribution < -0.4 is 21.3 Å². The number of rotatable bonds is 6. The quantitative estimate of drug-likeness (QED) is 0.474. The minimum Gasteiger partial charge on any atom is -0.380 e. The lowest BCUT2D eigenvalue weighted by Crippen LogP contribution is -2.66. The molecule has 0 amide bonds. The highest BCUT2D eigenvalue weighted by molar-refractivity contribution is 5.86. The third-order valence-corrected chi connectivity index (χ3v) is 8.61. The molecule has 3 aromatic rings. The Bertz CT molecular complexity index is 1210. The number of anilines is 4. The molecular weight excluding hydrogens is 452 g/mol. The first-order valence-electron chi connectivity index (χ1n) is 13.6. The molecule has 0 atom stereocenters. The number of ether oxygens (including phenoxy) is 1. The Morgan fingerprint density at radius 1 is 0.944 bits per heavy atom. The van der Waals surface area contributed by atoms with E-state index in [-0.39, 0.29) is 0 Å². The van der Waals surface area contributed by atoms with Gasteiger partial charge in [0.25, 0.3) is 0 Å². The van der Waals surface area contributed by atoms with Gasteiger partial charge in [0.15, 0.2) is 17.0 Å². The molecule has 0 bridgehead atoms. The number of nitrogens with two attached hydrogens (primary N) is 1. The van der Waals surface area contributed by atoms with E-state index in [0.29, 0.717) is 29.5 Å². The van der Waals surface area contributed by atoms with E-state index in [1.54, 1.807) is 0 Å². The summed E-state index contributed by atoms with van der Waals surface area (Å²) in [5.41, 5.74) is 10.5. The van der Waals surface area contributed by atoms with Crippen molar-refractivity contribution in [1.29, 1.82) is 0 Å². The Morgan fingerprint density at radius 2 is 1.69 bits per heavy atom. The fraction of sp³-hybridized carbons (Fsp3) is 0.593. The first-order chi connectivity index (χ1) is 17.6. The highest BCUT2D eigenvalue weighted by Crippen LogP contribution is 2.40. The molecule has 0 unspecified atom stereocenters. The Morgan fingerprint density at radius 3 is 2.39 bits per heavy atom. The first-order valence-corrected chi connectivity index (χ1v) is 13.6. The van der Waals surface area contributed by atoms with Gasteiger partial charge in [0, 0.05) is 42.6 Å². The van der Waals surface area contributed by atoms with Gasteiger partial charge in [-0.1, -0.05) is 12.8 Å². The predicted octanol–water partition coefficient (Wildman–Crippen LogP) is 4.20. The maximum absolute atomic E-state index is 6.13. The third-order valence-electron chi connectivity index (χ3n) is 8.61. The number of hydrogen-bond donors (Lipinski definition) is 3. The van der Waals surface area contributed by atoms with Gasteiger partial charge in [-0.25, -0.2) is 4.98 Å². The Labute approximate surface area is 211 Å². The van der Waals surface area contributed by atoms with Gasteiger partial charge in [-0.2, -0.15) is 9.97 Å². The molecule has 190 valence electrons. The second-order valence-corrected chi connectivity index (χ2v) is 11.4. The average Bonchev–Trinajstić information content (AvgIpc) is 3.50. The number of hydrogen-bond acceptors (Lipinski definition) is 8. The lowest BCUT2D eigenvalue weighted by molar-refractivity contribution is -0.127. The molecule has 4 N–H and O–H groups in total. The fourth-order valence-corrected chi connectivity index (χ4v) is 6.38. The standard InChI is InChI=1S/C27H36N8O/c28-18-5-7-20(8-6-18)31-26-32-24(23-25(33-26)35(17-29-23)22-3-1-2-4-22)30-19-9-11-21(12-10-19)34-13-27(14-34)15-36-16-27/h9-12,17-18,20,22H,1-8,13-16,28H2,(H2,30,31,32,33). The van der Waals surface area contributed by atoms with E-state index in [4.69, 9.17) is 25.4 Å². The highest BCUT2D eigenvalue weighted by atomic mass is 16.5. The van der Waals surface area contributed by atoms with E-state index in [1.807, 2.05) is 6.33 Å². The minimum atomic E-state index is 0.319. The molecule has 2 aliphatic carbocycles. The second kappa shape index (κ2) is 8.88. The highest BCUT2D eigenvalue weighted by Gasteiger charge is 2.49. The largest absolute Gasteiger partial charge is 0.380 e. The van der Waals surface area contributed by atoms with Crippen LogP contribution in [0.3, 0.4) is 0 Å². The van der Waals surface area contributed by atoms with Gasteiger partial charge in [-0.3, -0.25) is 0 Å². The van der Waals surface area contributed by atoms with E-state index < -0.39 is 0 Å². The van der Waals surface area contributed by atoms with Crippen LogP contribution in [0, 0.1) is 5.41 Å². The summed E-state index contributed by atoms with van der Waals surface area (Å²) in [5.74, 6) is 1.43. The van der Waals surface area contributed by atoms with Gasteiger partial charge in [0.1, 0.15) is 0 Å². The summed E-state index contributed by atoms with van der Waals surface area (Å²) >= 11 is 0. The molecule has 9 nitrogen and oxygen atoms in total. The summed E-state index contributed by atoms with van der Waals surface area (Å²) in [6, 6.07) is 9.80. The van der Waals surface area contributed by atoms with Crippen LogP contribution in [0.15, 0.2) is 30.6 Å². The van der Waals surface area contributed by atoms with Crippen LogP contribution >= 0.6 is 0 Å².